The van der Waals surface area contributed by atoms with E-state index in [-0.39, 0.29) is 18.1 Å². The van der Waals surface area contributed by atoms with Crippen LogP contribution in [0, 0.1) is 0 Å². The summed E-state index contributed by atoms with van der Waals surface area (Å²) in [5, 5.41) is 3.24. The third-order valence-electron chi connectivity index (χ3n) is 3.74. The number of nitrogens with one attached hydrogen (secondary N) is 1. The van der Waals surface area contributed by atoms with Gasteiger partial charge in [0.05, 0.1) is 18.0 Å². The number of anilines is 1. The molecule has 3 rings (SSSR count). The highest BCUT2D eigenvalue weighted by Gasteiger charge is 2.33. The van der Waals surface area contributed by atoms with E-state index in [1.54, 1.807) is 12.3 Å². The summed E-state index contributed by atoms with van der Waals surface area (Å²) in [6, 6.07) is 5.35. The van der Waals surface area contributed by atoms with Crippen molar-refractivity contribution in [2.24, 2.45) is 0 Å². The highest BCUT2D eigenvalue weighted by Crippen LogP contribution is 2.32. The molecule has 0 saturated carbocycles. The van der Waals surface area contributed by atoms with Crippen molar-refractivity contribution in [3.05, 3.63) is 47.8 Å². The van der Waals surface area contributed by atoms with Gasteiger partial charge in [-0.1, -0.05) is 18.2 Å². The van der Waals surface area contributed by atoms with Gasteiger partial charge in [-0.25, -0.2) is 0 Å². The van der Waals surface area contributed by atoms with Gasteiger partial charge in [-0.05, 0) is 6.07 Å². The van der Waals surface area contributed by atoms with Gasteiger partial charge in [-0.3, -0.25) is 4.98 Å². The SMILES string of the molecule is FC(F)(F)c1ccccc1COc1cncc(N2CCNCC2)n1. The number of benzene rings is 1. The number of piperazine rings is 1. The molecule has 5 nitrogen and oxygen atoms in total. The molecule has 0 unspecified atom stereocenters. The Balaban J connectivity index is 1.71. The van der Waals surface area contributed by atoms with Crippen LogP contribution in [0.25, 0.3) is 0 Å². The Kier molecular flexibility index (Phi) is 4.84. The summed E-state index contributed by atoms with van der Waals surface area (Å²) in [5.74, 6) is 0.876. The summed E-state index contributed by atoms with van der Waals surface area (Å²) in [7, 11) is 0. The van der Waals surface area contributed by atoms with Gasteiger partial charge < -0.3 is 15.0 Å². The van der Waals surface area contributed by atoms with E-state index < -0.39 is 11.7 Å². The van der Waals surface area contributed by atoms with Crippen molar-refractivity contribution < 1.29 is 17.9 Å². The zero-order valence-electron chi connectivity index (χ0n) is 12.9. The Hall–Kier alpha value is -2.35. The maximum absolute atomic E-state index is 13.0. The number of ether oxygens (including phenoxy) is 1. The Labute approximate surface area is 137 Å². The van der Waals surface area contributed by atoms with Crippen molar-refractivity contribution in [3.8, 4) is 5.88 Å². The minimum absolute atomic E-state index is 0.0689. The van der Waals surface area contributed by atoms with E-state index in [1.165, 1.54) is 18.3 Å². The van der Waals surface area contributed by atoms with E-state index in [4.69, 9.17) is 4.74 Å². The van der Waals surface area contributed by atoms with Gasteiger partial charge in [0.15, 0.2) is 5.82 Å². The van der Waals surface area contributed by atoms with E-state index in [1.807, 2.05) is 0 Å². The lowest BCUT2D eigenvalue weighted by molar-refractivity contribution is -0.138. The van der Waals surface area contributed by atoms with Crippen LogP contribution in [0.15, 0.2) is 36.7 Å². The third-order valence-corrected chi connectivity index (χ3v) is 3.74. The second kappa shape index (κ2) is 7.04. The average Bonchev–Trinajstić information content (AvgIpc) is 2.60. The quantitative estimate of drug-likeness (QED) is 0.928. The fourth-order valence-electron chi connectivity index (χ4n) is 2.53. The zero-order chi connectivity index (χ0) is 17.0. The molecule has 24 heavy (non-hydrogen) atoms. The minimum Gasteiger partial charge on any atom is -0.472 e. The molecule has 0 aliphatic carbocycles. The van der Waals surface area contributed by atoms with Crippen LogP contribution >= 0.6 is 0 Å². The average molecular weight is 338 g/mol. The molecular formula is C16H17F3N4O. The first-order valence-corrected chi connectivity index (χ1v) is 7.59. The summed E-state index contributed by atoms with van der Waals surface area (Å²) in [6.45, 7) is 3.09. The minimum atomic E-state index is -4.41. The molecule has 8 heteroatoms. The predicted octanol–water partition coefficient (Wildman–Crippen LogP) is 2.48. The lowest BCUT2D eigenvalue weighted by Gasteiger charge is -2.28. The Morgan fingerprint density at radius 2 is 1.88 bits per heavy atom. The van der Waals surface area contributed by atoms with Gasteiger partial charge >= 0.3 is 6.18 Å². The standard InChI is InChI=1S/C16H17F3N4O/c17-16(18,19)13-4-2-1-3-12(13)11-24-15-10-21-9-14(22-15)23-7-5-20-6-8-23/h1-4,9-10,20H,5-8,11H2. The molecule has 0 atom stereocenters. The maximum atomic E-state index is 13.0. The molecule has 1 aromatic carbocycles. The Morgan fingerprint density at radius 1 is 1.12 bits per heavy atom. The number of alkyl halides is 3. The first-order valence-electron chi connectivity index (χ1n) is 7.59. The number of aromatic nitrogens is 2. The van der Waals surface area contributed by atoms with Gasteiger partial charge in [-0.15, -0.1) is 0 Å². The van der Waals surface area contributed by atoms with E-state index >= 15 is 0 Å². The summed E-state index contributed by atoms with van der Waals surface area (Å²) >= 11 is 0. The van der Waals surface area contributed by atoms with Gasteiger partial charge in [0, 0.05) is 31.7 Å². The van der Waals surface area contributed by atoms with Gasteiger partial charge in [0.2, 0.25) is 5.88 Å². The first kappa shape index (κ1) is 16.5. The van der Waals surface area contributed by atoms with E-state index in [0.717, 1.165) is 32.2 Å². The maximum Gasteiger partial charge on any atom is 0.416 e. The highest BCUT2D eigenvalue weighted by atomic mass is 19.4. The second-order valence-corrected chi connectivity index (χ2v) is 5.40. The van der Waals surface area contributed by atoms with Crippen LogP contribution in [0.2, 0.25) is 0 Å². The van der Waals surface area contributed by atoms with Gasteiger partial charge in [-0.2, -0.15) is 18.2 Å². The molecule has 128 valence electrons. The number of hydrogen-bond donors (Lipinski definition) is 1. The van der Waals surface area contributed by atoms with Crippen LogP contribution in [-0.4, -0.2) is 36.1 Å². The zero-order valence-corrected chi connectivity index (χ0v) is 12.9. The molecular weight excluding hydrogens is 321 g/mol. The molecule has 1 saturated heterocycles. The molecule has 0 amide bonds. The third kappa shape index (κ3) is 3.94. The molecule has 1 aliphatic rings. The van der Waals surface area contributed by atoms with Crippen LogP contribution in [0.1, 0.15) is 11.1 Å². The Bertz CT molecular complexity index is 687. The van der Waals surface area contributed by atoms with Crippen LogP contribution in [-0.2, 0) is 12.8 Å². The number of rotatable bonds is 4. The molecule has 1 aliphatic heterocycles. The molecule has 0 spiro atoms. The normalized spacial score (nSPS) is 15.4. The van der Waals surface area contributed by atoms with E-state index in [9.17, 15) is 13.2 Å². The molecule has 2 aromatic rings. The molecule has 1 aromatic heterocycles. The van der Waals surface area contributed by atoms with E-state index in [0.29, 0.717) is 5.82 Å². The molecule has 1 fully saturated rings. The smallest absolute Gasteiger partial charge is 0.416 e. The van der Waals surface area contributed by atoms with Crippen molar-refractivity contribution in [1.82, 2.24) is 15.3 Å². The van der Waals surface area contributed by atoms with Crippen LogP contribution in [0.5, 0.6) is 5.88 Å². The van der Waals surface area contributed by atoms with Crippen LogP contribution in [0.3, 0.4) is 0 Å². The van der Waals surface area contributed by atoms with E-state index in [2.05, 4.69) is 20.2 Å². The molecule has 0 bridgehead atoms. The van der Waals surface area contributed by atoms with Crippen molar-refractivity contribution >= 4 is 5.82 Å². The number of halogens is 3. The van der Waals surface area contributed by atoms with Crippen molar-refractivity contribution in [1.29, 1.82) is 0 Å². The lowest BCUT2D eigenvalue weighted by atomic mass is 10.1. The summed E-state index contributed by atoms with van der Waals surface area (Å²) in [6.07, 6.45) is -1.38. The van der Waals surface area contributed by atoms with Gasteiger partial charge in [0.1, 0.15) is 6.61 Å². The fraction of sp³-hybridized carbons (Fsp3) is 0.375. The fourth-order valence-corrected chi connectivity index (χ4v) is 2.53. The molecule has 2 heterocycles. The predicted molar refractivity (Wildman–Crippen MR) is 82.9 cm³/mol. The van der Waals surface area contributed by atoms with Gasteiger partial charge in [0.25, 0.3) is 0 Å². The molecule has 0 radical (unpaired) electrons. The molecule has 1 N–H and O–H groups in total. The van der Waals surface area contributed by atoms with Crippen molar-refractivity contribution in [3.63, 3.8) is 0 Å². The Morgan fingerprint density at radius 3 is 2.62 bits per heavy atom. The number of hydrogen-bond acceptors (Lipinski definition) is 5. The summed E-state index contributed by atoms with van der Waals surface area (Å²) in [4.78, 5) is 10.5. The topological polar surface area (TPSA) is 50.3 Å². The van der Waals surface area contributed by atoms with Crippen molar-refractivity contribution in [2.45, 2.75) is 12.8 Å². The monoisotopic (exact) mass is 338 g/mol. The summed E-state index contributed by atoms with van der Waals surface area (Å²) < 4.78 is 44.4. The number of nitrogens with zero attached hydrogens (tertiary/aromatic N) is 3. The summed E-state index contributed by atoms with van der Waals surface area (Å²) in [5.41, 5.74) is -0.629. The second-order valence-electron chi connectivity index (χ2n) is 5.40. The largest absolute Gasteiger partial charge is 0.472 e. The first-order chi connectivity index (χ1) is 11.5. The van der Waals surface area contributed by atoms with Crippen molar-refractivity contribution in [2.75, 3.05) is 31.1 Å². The van der Waals surface area contributed by atoms with Crippen LogP contribution < -0.4 is 15.0 Å². The highest BCUT2D eigenvalue weighted by molar-refractivity contribution is 5.38. The van der Waals surface area contributed by atoms with Crippen LogP contribution in [0.4, 0.5) is 19.0 Å². The lowest BCUT2D eigenvalue weighted by Crippen LogP contribution is -2.43.